The summed E-state index contributed by atoms with van der Waals surface area (Å²) in [4.78, 5) is 32.5. The molecule has 0 spiro atoms. The van der Waals surface area contributed by atoms with Crippen molar-refractivity contribution in [3.05, 3.63) is 70.4 Å². The van der Waals surface area contributed by atoms with Gasteiger partial charge < -0.3 is 14.4 Å². The van der Waals surface area contributed by atoms with E-state index in [1.165, 1.54) is 0 Å². The van der Waals surface area contributed by atoms with Gasteiger partial charge in [-0.2, -0.15) is 0 Å². The van der Waals surface area contributed by atoms with Gasteiger partial charge in [0.25, 0.3) is 0 Å². The predicted molar refractivity (Wildman–Crippen MR) is 153 cm³/mol. The maximum Gasteiger partial charge on any atom is 0.339 e. The lowest BCUT2D eigenvalue weighted by Crippen LogP contribution is -2.42. The van der Waals surface area contributed by atoms with Crippen LogP contribution < -0.4 is 0 Å². The number of carbonyl (C=O) groups is 2. The molecule has 0 aromatic heterocycles. The van der Waals surface area contributed by atoms with Gasteiger partial charge in [-0.15, -0.1) is 0 Å². The fourth-order valence-electron chi connectivity index (χ4n) is 4.38. The van der Waals surface area contributed by atoms with Gasteiger partial charge in [0, 0.05) is 6.42 Å². The molecule has 0 unspecified atom stereocenters. The summed E-state index contributed by atoms with van der Waals surface area (Å²) >= 11 is 6.90. The molecule has 0 bridgehead atoms. The summed E-state index contributed by atoms with van der Waals surface area (Å²) in [6.45, 7) is 14.0. The molecular weight excluding hydrogens is 500 g/mol. The van der Waals surface area contributed by atoms with Gasteiger partial charge in [0.05, 0.1) is 29.8 Å². The molecule has 0 saturated carbocycles. The molecule has 0 saturated heterocycles. The number of halogens is 1. The monoisotopic (exact) mass is 538 g/mol. The Morgan fingerprint density at radius 3 is 2.26 bits per heavy atom. The van der Waals surface area contributed by atoms with Crippen molar-refractivity contribution in [3.8, 4) is 11.1 Å². The summed E-state index contributed by atoms with van der Waals surface area (Å²) in [6, 6.07) is 15.4. The molecule has 0 radical (unpaired) electrons. The first-order valence-electron chi connectivity index (χ1n) is 13.2. The minimum atomic E-state index is -0.780. The van der Waals surface area contributed by atoms with Crippen LogP contribution in [-0.2, 0) is 20.8 Å². The lowest BCUT2D eigenvalue weighted by molar-refractivity contribution is -0.139. The standard InChI is InChI=1S/C31H39ClN2O4/c1-8-10-15-25-33-31(6,7)26(29(36)37-9-2)27(32)34(25)20-21-16-18-22(19-17-21)23-13-11-12-14-24(23)28(35)38-30(3,4)5/h11-14,16-19H,8-10,15,20H2,1-7H3. The summed E-state index contributed by atoms with van der Waals surface area (Å²) < 4.78 is 10.9. The molecule has 3 rings (SSSR count). The fourth-order valence-corrected chi connectivity index (χ4v) is 4.85. The van der Waals surface area contributed by atoms with Crippen LogP contribution in [0, 0.1) is 0 Å². The Morgan fingerprint density at radius 1 is 1.00 bits per heavy atom. The van der Waals surface area contributed by atoms with Gasteiger partial charge in [-0.05, 0) is 70.7 Å². The molecule has 0 fully saturated rings. The van der Waals surface area contributed by atoms with Gasteiger partial charge in [0.2, 0.25) is 0 Å². The van der Waals surface area contributed by atoms with Gasteiger partial charge >= 0.3 is 11.9 Å². The smallest absolute Gasteiger partial charge is 0.339 e. The van der Waals surface area contributed by atoms with Crippen molar-refractivity contribution in [2.24, 2.45) is 4.99 Å². The van der Waals surface area contributed by atoms with E-state index in [-0.39, 0.29) is 12.6 Å². The number of nitrogens with zero attached hydrogens (tertiary/aromatic N) is 2. The summed E-state index contributed by atoms with van der Waals surface area (Å²) in [6.07, 6.45) is 2.74. The number of carbonyl (C=O) groups excluding carboxylic acids is 2. The zero-order valence-corrected chi connectivity index (χ0v) is 24.3. The van der Waals surface area contributed by atoms with Gasteiger partial charge in [0.15, 0.2) is 0 Å². The van der Waals surface area contributed by atoms with E-state index in [0.717, 1.165) is 41.8 Å². The molecule has 6 nitrogen and oxygen atoms in total. The first-order valence-corrected chi connectivity index (χ1v) is 13.6. The maximum atomic E-state index is 12.8. The van der Waals surface area contributed by atoms with E-state index in [9.17, 15) is 9.59 Å². The Bertz CT molecular complexity index is 1220. The van der Waals surface area contributed by atoms with Crippen LogP contribution in [0.3, 0.4) is 0 Å². The minimum absolute atomic E-state index is 0.265. The van der Waals surface area contributed by atoms with Crippen LogP contribution in [0.25, 0.3) is 11.1 Å². The van der Waals surface area contributed by atoms with E-state index < -0.39 is 17.1 Å². The van der Waals surface area contributed by atoms with Crippen molar-refractivity contribution in [3.63, 3.8) is 0 Å². The first-order chi connectivity index (χ1) is 17.9. The van der Waals surface area contributed by atoms with Crippen LogP contribution in [0.4, 0.5) is 0 Å². The normalized spacial score (nSPS) is 15.3. The molecule has 1 aliphatic heterocycles. The minimum Gasteiger partial charge on any atom is -0.462 e. The third kappa shape index (κ3) is 7.04. The topological polar surface area (TPSA) is 68.2 Å². The van der Waals surface area contributed by atoms with Crippen molar-refractivity contribution in [2.45, 2.75) is 85.4 Å². The number of benzene rings is 2. The number of aliphatic imine (C=N–C) groups is 1. The zero-order valence-electron chi connectivity index (χ0n) is 23.6. The average Bonchev–Trinajstić information content (AvgIpc) is 2.84. The third-order valence-electron chi connectivity index (χ3n) is 6.16. The number of hydrogen-bond acceptors (Lipinski definition) is 6. The molecular formula is C31H39ClN2O4. The highest BCUT2D eigenvalue weighted by Gasteiger charge is 2.39. The van der Waals surface area contributed by atoms with Gasteiger partial charge in [-0.25, -0.2) is 9.59 Å². The quantitative estimate of drug-likeness (QED) is 0.244. The van der Waals surface area contributed by atoms with Crippen molar-refractivity contribution in [1.82, 2.24) is 4.90 Å². The summed E-state index contributed by atoms with van der Waals surface area (Å²) in [7, 11) is 0. The summed E-state index contributed by atoms with van der Waals surface area (Å²) in [5.41, 5.74) is 2.23. The molecule has 204 valence electrons. The predicted octanol–water partition coefficient (Wildman–Crippen LogP) is 7.51. The molecule has 0 N–H and O–H groups in total. The molecule has 0 atom stereocenters. The third-order valence-corrected chi connectivity index (χ3v) is 6.55. The lowest BCUT2D eigenvalue weighted by Gasteiger charge is -2.37. The Balaban J connectivity index is 1.93. The second-order valence-electron chi connectivity index (χ2n) is 10.9. The number of unbranched alkanes of at least 4 members (excludes halogenated alkanes) is 1. The molecule has 38 heavy (non-hydrogen) atoms. The molecule has 0 amide bonds. The summed E-state index contributed by atoms with van der Waals surface area (Å²) in [5.74, 6) is 0.0578. The van der Waals surface area contributed by atoms with E-state index in [4.69, 9.17) is 26.1 Å². The van der Waals surface area contributed by atoms with E-state index in [1.54, 1.807) is 13.0 Å². The Kier molecular flexibility index (Phi) is 9.42. The van der Waals surface area contributed by atoms with Crippen molar-refractivity contribution in [1.29, 1.82) is 0 Å². The van der Waals surface area contributed by atoms with Crippen LogP contribution in [-0.4, -0.2) is 40.4 Å². The zero-order chi connectivity index (χ0) is 28.1. The molecule has 0 aliphatic carbocycles. The van der Waals surface area contributed by atoms with Crippen LogP contribution in [0.1, 0.15) is 83.7 Å². The van der Waals surface area contributed by atoms with Crippen LogP contribution in [0.15, 0.2) is 64.3 Å². The highest BCUT2D eigenvalue weighted by molar-refractivity contribution is 6.33. The van der Waals surface area contributed by atoms with Gasteiger partial charge in [0.1, 0.15) is 16.6 Å². The highest BCUT2D eigenvalue weighted by atomic mass is 35.5. The van der Waals surface area contributed by atoms with Gasteiger partial charge in [-0.1, -0.05) is 67.4 Å². The highest BCUT2D eigenvalue weighted by Crippen LogP contribution is 2.36. The number of amidine groups is 1. The van der Waals surface area contributed by atoms with Crippen molar-refractivity contribution < 1.29 is 19.1 Å². The summed E-state index contributed by atoms with van der Waals surface area (Å²) in [5, 5.41) is 0.355. The molecule has 2 aromatic rings. The Labute approximate surface area is 231 Å². The Hall–Kier alpha value is -3.12. The second kappa shape index (κ2) is 12.2. The van der Waals surface area contributed by atoms with E-state index in [1.807, 2.05) is 82.0 Å². The number of hydrogen-bond donors (Lipinski definition) is 0. The van der Waals surface area contributed by atoms with Crippen LogP contribution >= 0.6 is 11.6 Å². The van der Waals surface area contributed by atoms with Crippen LogP contribution in [0.2, 0.25) is 0 Å². The number of ether oxygens (including phenoxy) is 2. The Morgan fingerprint density at radius 2 is 1.66 bits per heavy atom. The average molecular weight is 539 g/mol. The molecule has 7 heteroatoms. The largest absolute Gasteiger partial charge is 0.462 e. The number of esters is 2. The molecule has 1 heterocycles. The van der Waals surface area contributed by atoms with Gasteiger partial charge in [-0.3, -0.25) is 4.99 Å². The van der Waals surface area contributed by atoms with Crippen molar-refractivity contribution in [2.75, 3.05) is 6.61 Å². The van der Waals surface area contributed by atoms with E-state index >= 15 is 0 Å². The number of rotatable bonds is 9. The van der Waals surface area contributed by atoms with Crippen molar-refractivity contribution >= 4 is 29.4 Å². The SMILES string of the molecule is CCCCC1=NC(C)(C)C(C(=O)OCC)=C(Cl)N1Cc1ccc(-c2ccccc2C(=O)OC(C)(C)C)cc1. The fraction of sp³-hybridized carbons (Fsp3) is 0.452. The van der Waals surface area contributed by atoms with E-state index in [2.05, 4.69) is 6.92 Å². The van der Waals surface area contributed by atoms with Crippen LogP contribution in [0.5, 0.6) is 0 Å². The molecule has 1 aliphatic rings. The van der Waals surface area contributed by atoms with E-state index in [0.29, 0.717) is 22.8 Å². The first kappa shape index (κ1) is 29.4. The maximum absolute atomic E-state index is 12.8. The lowest BCUT2D eigenvalue weighted by atomic mass is 9.92. The second-order valence-corrected chi connectivity index (χ2v) is 11.3. The molecule has 2 aromatic carbocycles.